The minimum absolute atomic E-state index is 0.202. The van der Waals surface area contributed by atoms with Gasteiger partial charge in [-0.15, -0.1) is 0 Å². The molecule has 0 aliphatic rings. The fraction of sp³-hybridized carbons (Fsp3) is 0.176. The van der Waals surface area contributed by atoms with Crippen LogP contribution in [0.25, 0.3) is 22.2 Å². The monoisotopic (exact) mass is 264 g/mol. The van der Waals surface area contributed by atoms with Crippen molar-refractivity contribution in [2.75, 3.05) is 0 Å². The number of fused-ring (bicyclic) bond motifs is 1. The summed E-state index contributed by atoms with van der Waals surface area (Å²) in [7, 11) is 0. The average molecular weight is 264 g/mol. The molecule has 0 unspecified atom stereocenters. The van der Waals surface area contributed by atoms with Gasteiger partial charge in [0.2, 0.25) is 0 Å². The maximum absolute atomic E-state index is 10.0. The van der Waals surface area contributed by atoms with E-state index in [4.69, 9.17) is 0 Å². The summed E-state index contributed by atoms with van der Waals surface area (Å²) in [6, 6.07) is 13.7. The molecule has 20 heavy (non-hydrogen) atoms. The Hall–Kier alpha value is -2.42. The molecule has 0 bridgehead atoms. The molecule has 0 saturated carbocycles. The molecule has 3 aromatic rings. The number of nitrogens with zero attached hydrogens (tertiary/aromatic N) is 2. The second-order valence-electron chi connectivity index (χ2n) is 5.17. The predicted molar refractivity (Wildman–Crippen MR) is 80.7 cm³/mol. The van der Waals surface area contributed by atoms with Crippen LogP contribution in [-0.4, -0.2) is 15.1 Å². The first-order valence-electron chi connectivity index (χ1n) is 6.70. The van der Waals surface area contributed by atoms with Crippen molar-refractivity contribution in [3.63, 3.8) is 0 Å². The molecular formula is C17H16N2O. The van der Waals surface area contributed by atoms with E-state index in [0.717, 1.165) is 27.9 Å². The summed E-state index contributed by atoms with van der Waals surface area (Å²) in [5, 5.41) is 11.1. The molecule has 0 aliphatic heterocycles. The highest BCUT2D eigenvalue weighted by Gasteiger charge is 2.10. The molecule has 1 N–H and O–H groups in total. The summed E-state index contributed by atoms with van der Waals surface area (Å²) in [4.78, 5) is 8.95. The van der Waals surface area contributed by atoms with Gasteiger partial charge in [-0.25, -0.2) is 4.98 Å². The first kappa shape index (κ1) is 12.6. The molecule has 3 nitrogen and oxygen atoms in total. The zero-order chi connectivity index (χ0) is 14.1. The van der Waals surface area contributed by atoms with Crippen molar-refractivity contribution in [1.29, 1.82) is 0 Å². The molecule has 3 heteroatoms. The summed E-state index contributed by atoms with van der Waals surface area (Å²) in [6.45, 7) is 4.02. The van der Waals surface area contributed by atoms with Crippen LogP contribution in [0.5, 0.6) is 5.75 Å². The topological polar surface area (TPSA) is 46.0 Å². The van der Waals surface area contributed by atoms with E-state index in [1.54, 1.807) is 12.3 Å². The van der Waals surface area contributed by atoms with Gasteiger partial charge in [-0.1, -0.05) is 38.1 Å². The van der Waals surface area contributed by atoms with E-state index >= 15 is 0 Å². The van der Waals surface area contributed by atoms with Crippen molar-refractivity contribution in [2.45, 2.75) is 19.8 Å². The lowest BCUT2D eigenvalue weighted by Gasteiger charge is -2.09. The summed E-state index contributed by atoms with van der Waals surface area (Å²) in [6.07, 6.45) is 1.77. The van der Waals surface area contributed by atoms with Gasteiger partial charge in [0, 0.05) is 17.1 Å². The Labute approximate surface area is 117 Å². The molecule has 2 aromatic heterocycles. The van der Waals surface area contributed by atoms with Gasteiger partial charge in [0.15, 0.2) is 0 Å². The number of aromatic hydroxyl groups is 1. The second-order valence-corrected chi connectivity index (χ2v) is 5.17. The lowest BCUT2D eigenvalue weighted by molar-refractivity contribution is 0.460. The Morgan fingerprint density at radius 3 is 2.60 bits per heavy atom. The Morgan fingerprint density at radius 2 is 1.85 bits per heavy atom. The van der Waals surface area contributed by atoms with Crippen LogP contribution in [0.4, 0.5) is 0 Å². The molecule has 100 valence electrons. The van der Waals surface area contributed by atoms with Crippen LogP contribution in [-0.2, 0) is 0 Å². The molecule has 0 spiro atoms. The van der Waals surface area contributed by atoms with Crippen LogP contribution in [0.1, 0.15) is 25.5 Å². The normalized spacial score (nSPS) is 11.2. The SMILES string of the molecule is CC(C)c1ncc(-c2ccc3ccccc3n2)cc1O. The molecule has 0 atom stereocenters. The van der Waals surface area contributed by atoms with E-state index in [1.807, 2.05) is 50.2 Å². The van der Waals surface area contributed by atoms with E-state index in [9.17, 15) is 5.11 Å². The number of para-hydroxylation sites is 1. The third-order valence-electron chi connectivity index (χ3n) is 3.34. The zero-order valence-corrected chi connectivity index (χ0v) is 11.5. The largest absolute Gasteiger partial charge is 0.506 e. The van der Waals surface area contributed by atoms with Crippen molar-refractivity contribution >= 4 is 10.9 Å². The fourth-order valence-corrected chi connectivity index (χ4v) is 2.28. The van der Waals surface area contributed by atoms with Gasteiger partial charge >= 0.3 is 0 Å². The van der Waals surface area contributed by atoms with E-state index in [-0.39, 0.29) is 11.7 Å². The maximum Gasteiger partial charge on any atom is 0.138 e. The average Bonchev–Trinajstić information content (AvgIpc) is 2.46. The number of benzene rings is 1. The van der Waals surface area contributed by atoms with Crippen LogP contribution in [0, 0.1) is 0 Å². The smallest absolute Gasteiger partial charge is 0.138 e. The first-order chi connectivity index (χ1) is 9.65. The van der Waals surface area contributed by atoms with Crippen molar-refractivity contribution < 1.29 is 5.11 Å². The lowest BCUT2D eigenvalue weighted by Crippen LogP contribution is -1.94. The third-order valence-corrected chi connectivity index (χ3v) is 3.34. The Balaban J connectivity index is 2.08. The lowest BCUT2D eigenvalue weighted by atomic mass is 10.1. The van der Waals surface area contributed by atoms with E-state index < -0.39 is 0 Å². The number of hydrogen-bond acceptors (Lipinski definition) is 3. The van der Waals surface area contributed by atoms with Gasteiger partial charge < -0.3 is 5.11 Å². The van der Waals surface area contributed by atoms with Crippen LogP contribution < -0.4 is 0 Å². The minimum atomic E-state index is 0.202. The van der Waals surface area contributed by atoms with Crippen LogP contribution in [0.3, 0.4) is 0 Å². The standard InChI is InChI=1S/C17H16N2O/c1-11(2)17-16(20)9-13(10-18-17)15-8-7-12-5-3-4-6-14(12)19-15/h3-11,20H,1-2H3. The van der Waals surface area contributed by atoms with Gasteiger partial charge in [0.05, 0.1) is 16.9 Å². The van der Waals surface area contributed by atoms with Crippen molar-refractivity contribution in [3.8, 4) is 17.0 Å². The van der Waals surface area contributed by atoms with Gasteiger partial charge in [-0.05, 0) is 24.1 Å². The van der Waals surface area contributed by atoms with Crippen molar-refractivity contribution in [1.82, 2.24) is 9.97 Å². The summed E-state index contributed by atoms with van der Waals surface area (Å²) in [5.74, 6) is 0.432. The van der Waals surface area contributed by atoms with E-state index in [1.165, 1.54) is 0 Å². The van der Waals surface area contributed by atoms with Crippen LogP contribution in [0.15, 0.2) is 48.7 Å². The number of aromatic nitrogens is 2. The van der Waals surface area contributed by atoms with Gasteiger partial charge in [0.1, 0.15) is 5.75 Å². The molecule has 0 saturated heterocycles. The number of rotatable bonds is 2. The van der Waals surface area contributed by atoms with Gasteiger partial charge in [-0.2, -0.15) is 0 Å². The Morgan fingerprint density at radius 1 is 1.05 bits per heavy atom. The number of pyridine rings is 2. The Bertz CT molecular complexity index is 766. The minimum Gasteiger partial charge on any atom is -0.506 e. The molecule has 0 radical (unpaired) electrons. The zero-order valence-electron chi connectivity index (χ0n) is 11.5. The molecule has 0 aliphatic carbocycles. The van der Waals surface area contributed by atoms with Crippen LogP contribution in [0.2, 0.25) is 0 Å². The van der Waals surface area contributed by atoms with Crippen LogP contribution >= 0.6 is 0 Å². The second kappa shape index (κ2) is 4.93. The molecule has 1 aromatic carbocycles. The highest BCUT2D eigenvalue weighted by atomic mass is 16.3. The molecule has 0 fully saturated rings. The first-order valence-corrected chi connectivity index (χ1v) is 6.70. The number of hydrogen-bond donors (Lipinski definition) is 1. The van der Waals surface area contributed by atoms with Crippen molar-refractivity contribution in [3.05, 3.63) is 54.4 Å². The third kappa shape index (κ3) is 2.23. The summed E-state index contributed by atoms with van der Waals surface area (Å²) in [5.41, 5.74) is 3.31. The van der Waals surface area contributed by atoms with E-state index in [2.05, 4.69) is 9.97 Å². The van der Waals surface area contributed by atoms with Gasteiger partial charge in [0.25, 0.3) is 0 Å². The predicted octanol–water partition coefficient (Wildman–Crippen LogP) is 4.13. The summed E-state index contributed by atoms with van der Waals surface area (Å²) >= 11 is 0. The summed E-state index contributed by atoms with van der Waals surface area (Å²) < 4.78 is 0. The molecule has 3 rings (SSSR count). The highest BCUT2D eigenvalue weighted by molar-refractivity contribution is 5.81. The fourth-order valence-electron chi connectivity index (χ4n) is 2.28. The van der Waals surface area contributed by atoms with Crippen molar-refractivity contribution in [2.24, 2.45) is 0 Å². The molecular weight excluding hydrogens is 248 g/mol. The Kier molecular flexibility index (Phi) is 3.11. The highest BCUT2D eigenvalue weighted by Crippen LogP contribution is 2.28. The molecule has 0 amide bonds. The van der Waals surface area contributed by atoms with E-state index in [0.29, 0.717) is 0 Å². The van der Waals surface area contributed by atoms with Gasteiger partial charge in [-0.3, -0.25) is 4.98 Å². The maximum atomic E-state index is 10.0. The quantitative estimate of drug-likeness (QED) is 0.757. The molecule has 2 heterocycles.